The predicted octanol–water partition coefficient (Wildman–Crippen LogP) is 1.33. The largest absolute Gasteiger partial charge is 0.316 e. The van der Waals surface area contributed by atoms with E-state index in [4.69, 9.17) is 0 Å². The number of aromatic nitrogens is 1. The fraction of sp³-hybridized carbons (Fsp3) is 0.727. The SMILES string of the molecule is c1csc(CN2CCC3(CCNC3)C2)n1. The van der Waals surface area contributed by atoms with Gasteiger partial charge in [0.1, 0.15) is 5.01 Å². The highest BCUT2D eigenvalue weighted by Gasteiger charge is 2.40. The predicted molar refractivity (Wildman–Crippen MR) is 61.9 cm³/mol. The highest BCUT2D eigenvalue weighted by molar-refractivity contribution is 7.09. The fourth-order valence-corrected chi connectivity index (χ4v) is 3.49. The molecular formula is C11H17N3S. The highest BCUT2D eigenvalue weighted by atomic mass is 32.1. The average molecular weight is 223 g/mol. The maximum absolute atomic E-state index is 4.36. The van der Waals surface area contributed by atoms with E-state index in [1.165, 1.54) is 44.0 Å². The van der Waals surface area contributed by atoms with Gasteiger partial charge in [-0.1, -0.05) is 0 Å². The van der Waals surface area contributed by atoms with Gasteiger partial charge in [0.2, 0.25) is 0 Å². The summed E-state index contributed by atoms with van der Waals surface area (Å²) in [5, 5.41) is 6.82. The number of likely N-dealkylation sites (tertiary alicyclic amines) is 1. The molecule has 1 spiro atoms. The third-order valence-corrected chi connectivity index (χ3v) is 4.46. The van der Waals surface area contributed by atoms with Crippen LogP contribution in [-0.4, -0.2) is 36.1 Å². The number of hydrogen-bond acceptors (Lipinski definition) is 4. The third-order valence-electron chi connectivity index (χ3n) is 3.69. The standard InChI is InChI=1S/C11H17N3S/c1-3-12-8-11(1)2-5-14(9-11)7-10-13-4-6-15-10/h4,6,12H,1-3,5,7-9H2. The van der Waals surface area contributed by atoms with Gasteiger partial charge in [-0.25, -0.2) is 4.98 Å². The van der Waals surface area contributed by atoms with E-state index in [-0.39, 0.29) is 0 Å². The molecule has 1 N–H and O–H groups in total. The van der Waals surface area contributed by atoms with E-state index in [0.717, 1.165) is 6.54 Å². The van der Waals surface area contributed by atoms with Crippen LogP contribution < -0.4 is 5.32 Å². The van der Waals surface area contributed by atoms with Gasteiger partial charge in [-0.05, 0) is 31.3 Å². The molecule has 2 fully saturated rings. The second kappa shape index (κ2) is 3.85. The van der Waals surface area contributed by atoms with Gasteiger partial charge < -0.3 is 5.32 Å². The monoisotopic (exact) mass is 223 g/mol. The first-order valence-corrected chi connectivity index (χ1v) is 6.56. The molecule has 15 heavy (non-hydrogen) atoms. The molecule has 1 atom stereocenters. The fourth-order valence-electron chi connectivity index (χ4n) is 2.83. The van der Waals surface area contributed by atoms with Gasteiger partial charge >= 0.3 is 0 Å². The lowest BCUT2D eigenvalue weighted by Gasteiger charge is -2.22. The highest BCUT2D eigenvalue weighted by Crippen LogP contribution is 2.36. The normalized spacial score (nSPS) is 31.7. The van der Waals surface area contributed by atoms with Crippen LogP contribution in [0.3, 0.4) is 0 Å². The average Bonchev–Trinajstić information content (AvgIpc) is 2.92. The Labute approximate surface area is 94.5 Å². The maximum Gasteiger partial charge on any atom is 0.107 e. The molecule has 1 aromatic rings. The van der Waals surface area contributed by atoms with Crippen molar-refractivity contribution in [1.29, 1.82) is 0 Å². The van der Waals surface area contributed by atoms with Crippen LogP contribution in [0.15, 0.2) is 11.6 Å². The Morgan fingerprint density at radius 3 is 3.27 bits per heavy atom. The van der Waals surface area contributed by atoms with Gasteiger partial charge in [-0.2, -0.15) is 0 Å². The molecule has 3 nitrogen and oxygen atoms in total. The summed E-state index contributed by atoms with van der Waals surface area (Å²) in [5.41, 5.74) is 0.595. The van der Waals surface area contributed by atoms with Crippen molar-refractivity contribution in [2.75, 3.05) is 26.2 Å². The Bertz CT molecular complexity index is 317. The summed E-state index contributed by atoms with van der Waals surface area (Å²) < 4.78 is 0. The lowest BCUT2D eigenvalue weighted by Crippen LogP contribution is -2.28. The number of hydrogen-bond donors (Lipinski definition) is 1. The molecule has 0 bridgehead atoms. The number of thiazole rings is 1. The van der Waals surface area contributed by atoms with Crippen LogP contribution in [0, 0.1) is 5.41 Å². The van der Waals surface area contributed by atoms with Gasteiger partial charge in [0.25, 0.3) is 0 Å². The van der Waals surface area contributed by atoms with Gasteiger partial charge in [0.05, 0.1) is 6.54 Å². The molecule has 3 heterocycles. The number of nitrogens with one attached hydrogen (secondary N) is 1. The Kier molecular flexibility index (Phi) is 2.50. The molecular weight excluding hydrogens is 206 g/mol. The smallest absolute Gasteiger partial charge is 0.107 e. The Balaban J connectivity index is 1.61. The molecule has 0 radical (unpaired) electrons. The molecule has 0 saturated carbocycles. The summed E-state index contributed by atoms with van der Waals surface area (Å²) in [7, 11) is 0. The van der Waals surface area contributed by atoms with Crippen LogP contribution in [0.5, 0.6) is 0 Å². The molecule has 0 aromatic carbocycles. The molecule has 4 heteroatoms. The minimum Gasteiger partial charge on any atom is -0.316 e. The minimum absolute atomic E-state index is 0.595. The molecule has 1 unspecified atom stereocenters. The van der Waals surface area contributed by atoms with Crippen molar-refractivity contribution < 1.29 is 0 Å². The maximum atomic E-state index is 4.36. The molecule has 1 aromatic heterocycles. The van der Waals surface area contributed by atoms with Crippen LogP contribution >= 0.6 is 11.3 Å². The number of rotatable bonds is 2. The molecule has 0 aliphatic carbocycles. The Morgan fingerprint density at radius 2 is 2.53 bits per heavy atom. The van der Waals surface area contributed by atoms with E-state index in [0.29, 0.717) is 5.41 Å². The van der Waals surface area contributed by atoms with E-state index in [1.807, 2.05) is 6.20 Å². The summed E-state index contributed by atoms with van der Waals surface area (Å²) in [6.45, 7) is 6.01. The molecule has 0 amide bonds. The zero-order chi connectivity index (χ0) is 10.1. The van der Waals surface area contributed by atoms with Crippen molar-refractivity contribution in [2.45, 2.75) is 19.4 Å². The van der Waals surface area contributed by atoms with Crippen LogP contribution in [-0.2, 0) is 6.54 Å². The third kappa shape index (κ3) is 1.94. The molecule has 3 rings (SSSR count). The number of nitrogens with zero attached hydrogens (tertiary/aromatic N) is 2. The zero-order valence-corrected chi connectivity index (χ0v) is 9.72. The van der Waals surface area contributed by atoms with Gasteiger partial charge in [0.15, 0.2) is 0 Å². The quantitative estimate of drug-likeness (QED) is 0.820. The first kappa shape index (κ1) is 9.75. The van der Waals surface area contributed by atoms with Crippen molar-refractivity contribution in [3.8, 4) is 0 Å². The van der Waals surface area contributed by atoms with E-state index >= 15 is 0 Å². The van der Waals surface area contributed by atoms with Crippen molar-refractivity contribution in [1.82, 2.24) is 15.2 Å². The summed E-state index contributed by atoms with van der Waals surface area (Å²) in [6.07, 6.45) is 4.63. The summed E-state index contributed by atoms with van der Waals surface area (Å²) >= 11 is 1.77. The van der Waals surface area contributed by atoms with Crippen LogP contribution in [0.1, 0.15) is 17.8 Å². The van der Waals surface area contributed by atoms with Crippen molar-refractivity contribution in [2.24, 2.45) is 5.41 Å². The first-order chi connectivity index (χ1) is 7.36. The molecule has 2 saturated heterocycles. The minimum atomic E-state index is 0.595. The van der Waals surface area contributed by atoms with Crippen molar-refractivity contribution in [3.63, 3.8) is 0 Å². The van der Waals surface area contributed by atoms with E-state index in [2.05, 4.69) is 20.6 Å². The second-order valence-corrected chi connectivity index (χ2v) is 5.79. The van der Waals surface area contributed by atoms with E-state index in [9.17, 15) is 0 Å². The van der Waals surface area contributed by atoms with Crippen LogP contribution in [0.25, 0.3) is 0 Å². The molecule has 82 valence electrons. The summed E-state index contributed by atoms with van der Waals surface area (Å²) in [4.78, 5) is 6.92. The van der Waals surface area contributed by atoms with Crippen molar-refractivity contribution >= 4 is 11.3 Å². The van der Waals surface area contributed by atoms with E-state index < -0.39 is 0 Å². The second-order valence-electron chi connectivity index (χ2n) is 4.81. The molecule has 2 aliphatic heterocycles. The van der Waals surface area contributed by atoms with Crippen molar-refractivity contribution in [3.05, 3.63) is 16.6 Å². The molecule has 2 aliphatic rings. The zero-order valence-electron chi connectivity index (χ0n) is 8.91. The van der Waals surface area contributed by atoms with Gasteiger partial charge in [-0.3, -0.25) is 4.90 Å². The lowest BCUT2D eigenvalue weighted by atomic mass is 9.87. The van der Waals surface area contributed by atoms with Crippen LogP contribution in [0.2, 0.25) is 0 Å². The lowest BCUT2D eigenvalue weighted by molar-refractivity contribution is 0.268. The van der Waals surface area contributed by atoms with Gasteiger partial charge in [-0.15, -0.1) is 11.3 Å². The summed E-state index contributed by atoms with van der Waals surface area (Å²) in [5.74, 6) is 0. The van der Waals surface area contributed by atoms with Gasteiger partial charge in [0, 0.05) is 24.7 Å². The van der Waals surface area contributed by atoms with E-state index in [1.54, 1.807) is 11.3 Å². The summed E-state index contributed by atoms with van der Waals surface area (Å²) in [6, 6.07) is 0. The van der Waals surface area contributed by atoms with Crippen LogP contribution in [0.4, 0.5) is 0 Å². The Morgan fingerprint density at radius 1 is 1.53 bits per heavy atom. The first-order valence-electron chi connectivity index (χ1n) is 5.68. The topological polar surface area (TPSA) is 28.2 Å². The Hall–Kier alpha value is -0.450.